The van der Waals surface area contributed by atoms with Gasteiger partial charge in [-0.3, -0.25) is 4.99 Å². The van der Waals surface area contributed by atoms with Crippen LogP contribution in [0.5, 0.6) is 0 Å². The van der Waals surface area contributed by atoms with E-state index in [9.17, 15) is 13.2 Å². The molecule has 0 atom stereocenters. The molecule has 1 rings (SSSR count). The quantitative estimate of drug-likeness (QED) is 0.377. The average Bonchev–Trinajstić information content (AvgIpc) is 2.26. The predicted octanol–water partition coefficient (Wildman–Crippen LogP) is 2.91. The second-order valence-corrected chi connectivity index (χ2v) is 5.25. The van der Waals surface area contributed by atoms with Gasteiger partial charge in [0.15, 0.2) is 0 Å². The van der Waals surface area contributed by atoms with Crippen LogP contribution in [-0.4, -0.2) is 11.4 Å². The number of hydrogen-bond donors (Lipinski definition) is 2. The number of alkyl halides is 3. The van der Waals surface area contributed by atoms with Gasteiger partial charge in [0.05, 0.1) is 11.1 Å². The van der Waals surface area contributed by atoms with Crippen LogP contribution in [0.2, 0.25) is 0 Å². The second kappa shape index (κ2) is 5.61. The summed E-state index contributed by atoms with van der Waals surface area (Å²) in [4.78, 5) is 4.35. The third-order valence-electron chi connectivity index (χ3n) is 2.29. The van der Waals surface area contributed by atoms with Crippen LogP contribution in [0.3, 0.4) is 0 Å². The number of nitrogens with two attached hydrogens (primary N) is 1. The molecule has 0 bridgehead atoms. The molecule has 0 saturated carbocycles. The highest BCUT2D eigenvalue weighted by Gasteiger charge is 2.29. The first-order valence-corrected chi connectivity index (χ1v) is 5.83. The van der Waals surface area contributed by atoms with Crippen molar-refractivity contribution in [3.63, 3.8) is 0 Å². The van der Waals surface area contributed by atoms with Gasteiger partial charge in [0.2, 0.25) is 0 Å². The SMILES string of the molecule is CC(C)(C)N=C(Cc1ccc(C(F)(F)F)cc1)NN. The number of rotatable bonds is 2. The molecule has 0 aliphatic carbocycles. The normalized spacial score (nSPS) is 13.5. The molecule has 0 aliphatic heterocycles. The molecule has 0 aromatic heterocycles. The molecule has 106 valence electrons. The summed E-state index contributed by atoms with van der Waals surface area (Å²) in [6.07, 6.45) is -3.95. The Labute approximate surface area is 110 Å². The van der Waals surface area contributed by atoms with E-state index in [-0.39, 0.29) is 5.54 Å². The lowest BCUT2D eigenvalue weighted by atomic mass is 10.1. The van der Waals surface area contributed by atoms with Crippen molar-refractivity contribution in [1.82, 2.24) is 5.43 Å². The Morgan fingerprint density at radius 1 is 1.16 bits per heavy atom. The van der Waals surface area contributed by atoms with Crippen molar-refractivity contribution < 1.29 is 13.2 Å². The van der Waals surface area contributed by atoms with Crippen molar-refractivity contribution in [1.29, 1.82) is 0 Å². The third kappa shape index (κ3) is 5.30. The number of halogens is 3. The van der Waals surface area contributed by atoms with E-state index in [1.165, 1.54) is 12.1 Å². The fraction of sp³-hybridized carbons (Fsp3) is 0.462. The van der Waals surface area contributed by atoms with E-state index in [0.29, 0.717) is 17.8 Å². The van der Waals surface area contributed by atoms with Gasteiger partial charge in [0.25, 0.3) is 0 Å². The lowest BCUT2D eigenvalue weighted by Gasteiger charge is -2.16. The lowest BCUT2D eigenvalue weighted by Crippen LogP contribution is -2.34. The molecule has 0 fully saturated rings. The minimum absolute atomic E-state index is 0.298. The van der Waals surface area contributed by atoms with Crippen LogP contribution < -0.4 is 11.3 Å². The zero-order valence-corrected chi connectivity index (χ0v) is 11.2. The van der Waals surface area contributed by atoms with Gasteiger partial charge < -0.3 is 5.43 Å². The smallest absolute Gasteiger partial charge is 0.312 e. The largest absolute Gasteiger partial charge is 0.416 e. The first-order chi connectivity index (χ1) is 8.62. The number of aliphatic imine (C=N–C) groups is 1. The lowest BCUT2D eigenvalue weighted by molar-refractivity contribution is -0.137. The van der Waals surface area contributed by atoms with Gasteiger partial charge in [-0.15, -0.1) is 0 Å². The highest BCUT2D eigenvalue weighted by Crippen LogP contribution is 2.29. The second-order valence-electron chi connectivity index (χ2n) is 5.25. The van der Waals surface area contributed by atoms with E-state index in [1.807, 2.05) is 20.8 Å². The number of nitrogens with zero attached hydrogens (tertiary/aromatic N) is 1. The maximum absolute atomic E-state index is 12.4. The Kier molecular flexibility index (Phi) is 4.57. The van der Waals surface area contributed by atoms with Crippen LogP contribution in [0, 0.1) is 0 Å². The summed E-state index contributed by atoms with van der Waals surface area (Å²) in [6, 6.07) is 4.97. The molecule has 1 aromatic rings. The van der Waals surface area contributed by atoms with E-state index in [1.54, 1.807) is 0 Å². The fourth-order valence-electron chi connectivity index (χ4n) is 1.53. The number of amidine groups is 1. The molecule has 3 N–H and O–H groups in total. The summed E-state index contributed by atoms with van der Waals surface area (Å²) in [6.45, 7) is 5.74. The molecule has 0 aliphatic rings. The van der Waals surface area contributed by atoms with Crippen molar-refractivity contribution in [3.8, 4) is 0 Å². The average molecular weight is 273 g/mol. The van der Waals surface area contributed by atoms with Gasteiger partial charge in [0.1, 0.15) is 5.84 Å². The highest BCUT2D eigenvalue weighted by atomic mass is 19.4. The first-order valence-electron chi connectivity index (χ1n) is 5.83. The van der Waals surface area contributed by atoms with Gasteiger partial charge in [-0.2, -0.15) is 13.2 Å². The summed E-state index contributed by atoms with van der Waals surface area (Å²) in [5.41, 5.74) is 2.24. The van der Waals surface area contributed by atoms with Crippen molar-refractivity contribution in [2.75, 3.05) is 0 Å². The molecule has 0 heterocycles. The minimum Gasteiger partial charge on any atom is -0.312 e. The fourth-order valence-corrected chi connectivity index (χ4v) is 1.53. The summed E-state index contributed by atoms with van der Waals surface area (Å²) in [7, 11) is 0. The molecule has 0 saturated heterocycles. The van der Waals surface area contributed by atoms with Gasteiger partial charge >= 0.3 is 6.18 Å². The van der Waals surface area contributed by atoms with Gasteiger partial charge in [0, 0.05) is 6.42 Å². The third-order valence-corrected chi connectivity index (χ3v) is 2.29. The van der Waals surface area contributed by atoms with Gasteiger partial charge in [-0.1, -0.05) is 12.1 Å². The van der Waals surface area contributed by atoms with Crippen LogP contribution in [0.15, 0.2) is 29.3 Å². The van der Waals surface area contributed by atoms with Crippen LogP contribution in [0.25, 0.3) is 0 Å². The molecule has 0 unspecified atom stereocenters. The molecular weight excluding hydrogens is 255 g/mol. The molecule has 19 heavy (non-hydrogen) atoms. The van der Waals surface area contributed by atoms with Crippen molar-refractivity contribution in [2.45, 2.75) is 38.9 Å². The van der Waals surface area contributed by atoms with E-state index in [0.717, 1.165) is 12.1 Å². The first kappa shape index (κ1) is 15.5. The predicted molar refractivity (Wildman–Crippen MR) is 69.7 cm³/mol. The van der Waals surface area contributed by atoms with Gasteiger partial charge in [-0.25, -0.2) is 5.84 Å². The van der Waals surface area contributed by atoms with Crippen molar-refractivity contribution >= 4 is 5.84 Å². The molecule has 0 amide bonds. The Morgan fingerprint density at radius 2 is 1.68 bits per heavy atom. The Hall–Kier alpha value is -1.56. The number of nitrogens with one attached hydrogen (secondary N) is 1. The van der Waals surface area contributed by atoms with Crippen molar-refractivity contribution in [2.24, 2.45) is 10.8 Å². The summed E-state index contributed by atoms with van der Waals surface area (Å²) in [5.74, 6) is 5.90. The monoisotopic (exact) mass is 273 g/mol. The van der Waals surface area contributed by atoms with E-state index < -0.39 is 11.7 Å². The minimum atomic E-state index is -4.31. The van der Waals surface area contributed by atoms with E-state index in [2.05, 4.69) is 10.4 Å². The summed E-state index contributed by atoms with van der Waals surface area (Å²) < 4.78 is 37.2. The number of hydrogen-bond acceptors (Lipinski definition) is 2. The van der Waals surface area contributed by atoms with Crippen LogP contribution >= 0.6 is 0 Å². The highest BCUT2D eigenvalue weighted by molar-refractivity contribution is 5.84. The molecule has 0 radical (unpaired) electrons. The topological polar surface area (TPSA) is 50.4 Å². The zero-order chi connectivity index (χ0) is 14.7. The van der Waals surface area contributed by atoms with Gasteiger partial charge in [-0.05, 0) is 38.5 Å². The molecule has 6 heteroatoms. The standard InChI is InChI=1S/C13H18F3N3/c1-12(2,3)18-11(19-17)8-9-4-6-10(7-5-9)13(14,15)16/h4-7H,8,17H2,1-3H3,(H,18,19). The maximum Gasteiger partial charge on any atom is 0.416 e. The maximum atomic E-state index is 12.4. The van der Waals surface area contributed by atoms with Crippen LogP contribution in [0.4, 0.5) is 13.2 Å². The molecule has 1 aromatic carbocycles. The summed E-state index contributed by atoms with van der Waals surface area (Å²) in [5, 5.41) is 0. The molecule has 3 nitrogen and oxygen atoms in total. The van der Waals surface area contributed by atoms with E-state index >= 15 is 0 Å². The Morgan fingerprint density at radius 3 is 2.05 bits per heavy atom. The van der Waals surface area contributed by atoms with Crippen LogP contribution in [-0.2, 0) is 12.6 Å². The van der Waals surface area contributed by atoms with Crippen molar-refractivity contribution in [3.05, 3.63) is 35.4 Å². The number of hydrazine groups is 1. The van der Waals surface area contributed by atoms with Crippen LogP contribution in [0.1, 0.15) is 31.9 Å². The summed E-state index contributed by atoms with van der Waals surface area (Å²) >= 11 is 0. The Balaban J connectivity index is 2.86. The molecule has 0 spiro atoms. The molecular formula is C13H18F3N3. The van der Waals surface area contributed by atoms with E-state index in [4.69, 9.17) is 5.84 Å². The number of benzene rings is 1. The Bertz CT molecular complexity index is 442. The zero-order valence-electron chi connectivity index (χ0n) is 11.2.